The second-order valence-corrected chi connectivity index (χ2v) is 4.14. The largest absolute Gasteiger partial charge is 0.387 e. The van der Waals surface area contributed by atoms with Gasteiger partial charge in [-0.05, 0) is 29.8 Å². The van der Waals surface area contributed by atoms with Crippen LogP contribution in [-0.2, 0) is 0 Å². The molecule has 0 aliphatic heterocycles. The highest BCUT2D eigenvalue weighted by atomic mass is 19.1. The molecule has 19 heavy (non-hydrogen) atoms. The molecule has 0 aromatic heterocycles. The fraction of sp³-hybridized carbons (Fsp3) is 0.133. The summed E-state index contributed by atoms with van der Waals surface area (Å²) in [6.45, 7) is 0.0827. The number of carbonyl (C=O) groups is 1. The van der Waals surface area contributed by atoms with Crippen LogP contribution in [0.5, 0.6) is 0 Å². The van der Waals surface area contributed by atoms with Crippen LogP contribution in [0.2, 0.25) is 0 Å². The SMILES string of the molecule is O=C(NCC(O)c1ccc(F)cc1)c1ccccc1. The van der Waals surface area contributed by atoms with Crippen molar-refractivity contribution in [1.29, 1.82) is 0 Å². The molecule has 1 atom stereocenters. The summed E-state index contributed by atoms with van der Waals surface area (Å²) in [6.07, 6.45) is -0.853. The molecule has 2 rings (SSSR count). The highest BCUT2D eigenvalue weighted by Gasteiger charge is 2.10. The van der Waals surface area contributed by atoms with Gasteiger partial charge in [-0.15, -0.1) is 0 Å². The topological polar surface area (TPSA) is 49.3 Å². The van der Waals surface area contributed by atoms with Crippen molar-refractivity contribution in [3.05, 3.63) is 71.5 Å². The minimum absolute atomic E-state index is 0.0827. The quantitative estimate of drug-likeness (QED) is 0.885. The third-order valence-corrected chi connectivity index (χ3v) is 2.75. The number of carbonyl (C=O) groups excluding carboxylic acids is 1. The van der Waals surface area contributed by atoms with Gasteiger partial charge in [-0.2, -0.15) is 0 Å². The molecule has 0 bridgehead atoms. The van der Waals surface area contributed by atoms with E-state index in [0.717, 1.165) is 0 Å². The summed E-state index contributed by atoms with van der Waals surface area (Å²) in [5.74, 6) is -0.606. The average Bonchev–Trinajstić information content (AvgIpc) is 2.46. The van der Waals surface area contributed by atoms with Crippen LogP contribution >= 0.6 is 0 Å². The maximum Gasteiger partial charge on any atom is 0.251 e. The van der Waals surface area contributed by atoms with E-state index >= 15 is 0 Å². The van der Waals surface area contributed by atoms with Gasteiger partial charge in [0.2, 0.25) is 0 Å². The van der Waals surface area contributed by atoms with Gasteiger partial charge < -0.3 is 10.4 Å². The van der Waals surface area contributed by atoms with Crippen LogP contribution in [0.3, 0.4) is 0 Å². The maximum atomic E-state index is 12.7. The number of nitrogens with one attached hydrogen (secondary N) is 1. The molecule has 0 fully saturated rings. The van der Waals surface area contributed by atoms with E-state index in [1.165, 1.54) is 24.3 Å². The molecule has 0 aliphatic carbocycles. The van der Waals surface area contributed by atoms with Gasteiger partial charge in [-0.25, -0.2) is 4.39 Å². The Bertz CT molecular complexity index is 540. The molecule has 2 aromatic carbocycles. The first-order chi connectivity index (χ1) is 9.16. The molecule has 2 N–H and O–H groups in total. The van der Waals surface area contributed by atoms with E-state index in [1.54, 1.807) is 24.3 Å². The summed E-state index contributed by atoms with van der Waals surface area (Å²) in [5, 5.41) is 12.5. The third kappa shape index (κ3) is 3.63. The van der Waals surface area contributed by atoms with Gasteiger partial charge >= 0.3 is 0 Å². The predicted octanol–water partition coefficient (Wildman–Crippen LogP) is 2.29. The summed E-state index contributed by atoms with van der Waals surface area (Å²) < 4.78 is 12.7. The predicted molar refractivity (Wildman–Crippen MR) is 70.1 cm³/mol. The van der Waals surface area contributed by atoms with Gasteiger partial charge in [0, 0.05) is 12.1 Å². The molecule has 0 spiro atoms. The van der Waals surface area contributed by atoms with Crippen molar-refractivity contribution < 1.29 is 14.3 Å². The van der Waals surface area contributed by atoms with Gasteiger partial charge in [0.05, 0.1) is 6.10 Å². The van der Waals surface area contributed by atoms with Crippen LogP contribution in [0.4, 0.5) is 4.39 Å². The Morgan fingerprint density at radius 1 is 1.11 bits per heavy atom. The van der Waals surface area contributed by atoms with E-state index in [0.29, 0.717) is 11.1 Å². The summed E-state index contributed by atoms with van der Waals surface area (Å²) in [5.41, 5.74) is 1.10. The Morgan fingerprint density at radius 3 is 2.37 bits per heavy atom. The zero-order valence-electron chi connectivity index (χ0n) is 10.2. The molecule has 1 amide bonds. The minimum atomic E-state index is -0.853. The first kappa shape index (κ1) is 13.2. The number of hydrogen-bond donors (Lipinski definition) is 2. The standard InChI is InChI=1S/C15H14FNO2/c16-13-8-6-11(7-9-13)14(18)10-17-15(19)12-4-2-1-3-5-12/h1-9,14,18H,10H2,(H,17,19). The zero-order valence-corrected chi connectivity index (χ0v) is 10.2. The Labute approximate surface area is 110 Å². The molecular formula is C15H14FNO2. The van der Waals surface area contributed by atoms with Crippen LogP contribution in [0.25, 0.3) is 0 Å². The highest BCUT2D eigenvalue weighted by Crippen LogP contribution is 2.12. The summed E-state index contributed by atoms with van der Waals surface area (Å²) in [7, 11) is 0. The highest BCUT2D eigenvalue weighted by molar-refractivity contribution is 5.94. The molecule has 0 saturated carbocycles. The van der Waals surface area contributed by atoms with Crippen molar-refractivity contribution >= 4 is 5.91 Å². The van der Waals surface area contributed by atoms with Gasteiger partial charge in [-0.3, -0.25) is 4.79 Å². The molecule has 98 valence electrons. The lowest BCUT2D eigenvalue weighted by Gasteiger charge is -2.12. The van der Waals surface area contributed by atoms with E-state index < -0.39 is 6.10 Å². The lowest BCUT2D eigenvalue weighted by Crippen LogP contribution is -2.28. The van der Waals surface area contributed by atoms with E-state index in [2.05, 4.69) is 5.32 Å². The second-order valence-electron chi connectivity index (χ2n) is 4.14. The van der Waals surface area contributed by atoms with E-state index in [9.17, 15) is 14.3 Å². The van der Waals surface area contributed by atoms with Crippen LogP contribution in [-0.4, -0.2) is 17.6 Å². The number of amides is 1. The molecule has 0 saturated heterocycles. The Hall–Kier alpha value is -2.20. The Morgan fingerprint density at radius 2 is 1.74 bits per heavy atom. The lowest BCUT2D eigenvalue weighted by atomic mass is 10.1. The number of benzene rings is 2. The van der Waals surface area contributed by atoms with Gasteiger partial charge in [0.1, 0.15) is 5.82 Å². The fourth-order valence-electron chi connectivity index (χ4n) is 1.68. The van der Waals surface area contributed by atoms with Gasteiger partial charge in [-0.1, -0.05) is 30.3 Å². The van der Waals surface area contributed by atoms with Crippen molar-refractivity contribution in [3.63, 3.8) is 0 Å². The number of aliphatic hydroxyl groups excluding tert-OH is 1. The molecule has 2 aromatic rings. The third-order valence-electron chi connectivity index (χ3n) is 2.75. The van der Waals surface area contributed by atoms with E-state index in [1.807, 2.05) is 6.07 Å². The number of hydrogen-bond acceptors (Lipinski definition) is 2. The van der Waals surface area contributed by atoms with Crippen molar-refractivity contribution in [2.75, 3.05) is 6.54 Å². The number of rotatable bonds is 4. The Balaban J connectivity index is 1.92. The average molecular weight is 259 g/mol. The summed E-state index contributed by atoms with van der Waals surface area (Å²) >= 11 is 0. The molecule has 0 radical (unpaired) electrons. The van der Waals surface area contributed by atoms with Crippen LogP contribution in [0.1, 0.15) is 22.0 Å². The first-order valence-electron chi connectivity index (χ1n) is 5.93. The fourth-order valence-corrected chi connectivity index (χ4v) is 1.68. The Kier molecular flexibility index (Phi) is 4.26. The number of aliphatic hydroxyl groups is 1. The molecule has 1 unspecified atom stereocenters. The van der Waals surface area contributed by atoms with E-state index in [-0.39, 0.29) is 18.3 Å². The molecule has 4 heteroatoms. The first-order valence-corrected chi connectivity index (χ1v) is 5.93. The van der Waals surface area contributed by atoms with Crippen molar-refractivity contribution in [1.82, 2.24) is 5.32 Å². The van der Waals surface area contributed by atoms with Crippen molar-refractivity contribution in [2.24, 2.45) is 0 Å². The lowest BCUT2D eigenvalue weighted by molar-refractivity contribution is 0.0916. The van der Waals surface area contributed by atoms with E-state index in [4.69, 9.17) is 0 Å². The normalized spacial score (nSPS) is 11.9. The molecule has 0 heterocycles. The number of halogens is 1. The van der Waals surface area contributed by atoms with Crippen molar-refractivity contribution in [2.45, 2.75) is 6.10 Å². The smallest absolute Gasteiger partial charge is 0.251 e. The van der Waals surface area contributed by atoms with Gasteiger partial charge in [0.15, 0.2) is 0 Å². The molecule has 3 nitrogen and oxygen atoms in total. The van der Waals surface area contributed by atoms with Crippen molar-refractivity contribution in [3.8, 4) is 0 Å². The summed E-state index contributed by atoms with van der Waals surface area (Å²) in [6, 6.07) is 14.3. The monoisotopic (exact) mass is 259 g/mol. The van der Waals surface area contributed by atoms with Crippen LogP contribution in [0, 0.1) is 5.82 Å². The summed E-state index contributed by atoms with van der Waals surface area (Å²) in [4.78, 5) is 11.8. The second kappa shape index (κ2) is 6.11. The van der Waals surface area contributed by atoms with Gasteiger partial charge in [0.25, 0.3) is 5.91 Å². The van der Waals surface area contributed by atoms with Crippen LogP contribution in [0.15, 0.2) is 54.6 Å². The molecule has 0 aliphatic rings. The zero-order chi connectivity index (χ0) is 13.7. The minimum Gasteiger partial charge on any atom is -0.387 e. The maximum absolute atomic E-state index is 12.7. The van der Waals surface area contributed by atoms with Crippen LogP contribution < -0.4 is 5.32 Å². The molecular weight excluding hydrogens is 245 g/mol.